The van der Waals surface area contributed by atoms with Gasteiger partial charge in [-0.3, -0.25) is 14.6 Å². The van der Waals surface area contributed by atoms with Crippen LogP contribution in [0.4, 0.5) is 24.7 Å². The summed E-state index contributed by atoms with van der Waals surface area (Å²) < 4.78 is 39.0. The molecule has 0 aliphatic heterocycles. The van der Waals surface area contributed by atoms with E-state index in [0.29, 0.717) is 29.5 Å². The lowest BCUT2D eigenvalue weighted by atomic mass is 9.85. The normalized spacial score (nSPS) is 13.4. The fraction of sp³-hybridized carbons (Fsp3) is 0.214. The highest BCUT2D eigenvalue weighted by atomic mass is 19.4. The molecule has 1 fully saturated rings. The summed E-state index contributed by atoms with van der Waals surface area (Å²) in [6.07, 6.45) is 2.03. The highest BCUT2D eigenvalue weighted by Crippen LogP contribution is 2.32. The van der Waals surface area contributed by atoms with Gasteiger partial charge in [0.2, 0.25) is 5.91 Å². The highest BCUT2D eigenvalue weighted by molar-refractivity contribution is 6.03. The Morgan fingerprint density at radius 2 is 1.69 bits per heavy atom. The number of pyridine rings is 2. The molecule has 3 aromatic heterocycles. The van der Waals surface area contributed by atoms with E-state index in [9.17, 15) is 22.8 Å². The van der Waals surface area contributed by atoms with Crippen molar-refractivity contribution in [1.82, 2.24) is 20.2 Å². The molecule has 39 heavy (non-hydrogen) atoms. The standard InChI is InChI=1S/C28H23F3N6O2/c1-16-5-6-21(35-27(39)24-13-20(15-34-37-24)28(29,30)31)14-22(16)18-7-9-32-23(11-18)19-8-10-33-25(12-19)36-26(38)17-3-2-4-17/h5-15,17H,2-4H2,1H3,(H,35,39)(H,33,36,38). The second kappa shape index (κ2) is 10.6. The number of rotatable bonds is 6. The van der Waals surface area contributed by atoms with Crippen molar-refractivity contribution in [3.8, 4) is 22.4 Å². The molecule has 0 radical (unpaired) electrons. The number of aryl methyl sites for hydroxylation is 1. The molecular weight excluding hydrogens is 509 g/mol. The molecule has 2 amide bonds. The van der Waals surface area contributed by atoms with E-state index in [4.69, 9.17) is 0 Å². The Kier molecular flexibility index (Phi) is 7.05. The smallest absolute Gasteiger partial charge is 0.321 e. The number of nitrogens with zero attached hydrogens (tertiary/aromatic N) is 4. The summed E-state index contributed by atoms with van der Waals surface area (Å²) in [4.78, 5) is 33.7. The summed E-state index contributed by atoms with van der Waals surface area (Å²) in [7, 11) is 0. The summed E-state index contributed by atoms with van der Waals surface area (Å²) in [5.41, 5.74) is 2.80. The molecule has 1 aromatic carbocycles. The predicted molar refractivity (Wildman–Crippen MR) is 139 cm³/mol. The molecule has 0 unspecified atom stereocenters. The number of carbonyl (C=O) groups excluding carboxylic acids is 2. The molecule has 1 aliphatic carbocycles. The zero-order valence-corrected chi connectivity index (χ0v) is 20.8. The average Bonchev–Trinajstić information content (AvgIpc) is 2.88. The minimum absolute atomic E-state index is 0.0294. The largest absolute Gasteiger partial charge is 0.418 e. The molecule has 0 spiro atoms. The number of nitrogens with one attached hydrogen (secondary N) is 2. The van der Waals surface area contributed by atoms with Gasteiger partial charge in [0, 0.05) is 29.6 Å². The van der Waals surface area contributed by atoms with Crippen molar-refractivity contribution >= 4 is 23.3 Å². The van der Waals surface area contributed by atoms with E-state index >= 15 is 0 Å². The number of benzene rings is 1. The van der Waals surface area contributed by atoms with E-state index in [1.807, 2.05) is 19.1 Å². The zero-order chi connectivity index (χ0) is 27.6. The monoisotopic (exact) mass is 532 g/mol. The number of alkyl halides is 3. The van der Waals surface area contributed by atoms with Gasteiger partial charge >= 0.3 is 6.18 Å². The summed E-state index contributed by atoms with van der Waals surface area (Å²) in [5.74, 6) is -0.353. The summed E-state index contributed by atoms with van der Waals surface area (Å²) >= 11 is 0. The first-order chi connectivity index (χ1) is 18.7. The first-order valence-corrected chi connectivity index (χ1v) is 12.2. The molecule has 2 N–H and O–H groups in total. The zero-order valence-electron chi connectivity index (χ0n) is 20.8. The molecule has 4 aromatic rings. The first-order valence-electron chi connectivity index (χ1n) is 12.2. The van der Waals surface area contributed by atoms with Crippen molar-refractivity contribution in [1.29, 1.82) is 0 Å². The Morgan fingerprint density at radius 1 is 0.923 bits per heavy atom. The minimum atomic E-state index is -4.64. The number of anilines is 2. The number of carbonyl (C=O) groups is 2. The summed E-state index contributed by atoms with van der Waals surface area (Å²) in [6, 6.07) is 13.1. The third-order valence-electron chi connectivity index (χ3n) is 6.56. The Hall–Kier alpha value is -4.67. The van der Waals surface area contributed by atoms with E-state index in [0.717, 1.165) is 41.5 Å². The van der Waals surface area contributed by atoms with Crippen LogP contribution in [0.5, 0.6) is 0 Å². The third-order valence-corrected chi connectivity index (χ3v) is 6.56. The molecule has 3 heterocycles. The van der Waals surface area contributed by atoms with Crippen molar-refractivity contribution in [3.63, 3.8) is 0 Å². The molecule has 0 saturated heterocycles. The van der Waals surface area contributed by atoms with Crippen molar-refractivity contribution in [3.05, 3.63) is 83.9 Å². The van der Waals surface area contributed by atoms with Gasteiger partial charge in [0.05, 0.1) is 17.5 Å². The second-order valence-electron chi connectivity index (χ2n) is 9.29. The minimum Gasteiger partial charge on any atom is -0.321 e. The molecule has 0 atom stereocenters. The van der Waals surface area contributed by atoms with Crippen LogP contribution in [-0.2, 0) is 11.0 Å². The average molecular weight is 533 g/mol. The molecule has 198 valence electrons. The van der Waals surface area contributed by atoms with Crippen molar-refractivity contribution in [2.24, 2.45) is 5.92 Å². The highest BCUT2D eigenvalue weighted by Gasteiger charge is 2.32. The van der Waals surface area contributed by atoms with Gasteiger partial charge in [0.1, 0.15) is 5.82 Å². The van der Waals surface area contributed by atoms with Crippen molar-refractivity contribution < 1.29 is 22.8 Å². The van der Waals surface area contributed by atoms with Crippen molar-refractivity contribution in [2.75, 3.05) is 10.6 Å². The van der Waals surface area contributed by atoms with Crippen LogP contribution in [0.15, 0.2) is 67.1 Å². The maximum atomic E-state index is 13.0. The molecule has 5 rings (SSSR count). The van der Waals surface area contributed by atoms with E-state index in [1.165, 1.54) is 0 Å². The van der Waals surface area contributed by atoms with Gasteiger partial charge < -0.3 is 10.6 Å². The van der Waals surface area contributed by atoms with Crippen LogP contribution in [0.25, 0.3) is 22.4 Å². The van der Waals surface area contributed by atoms with Crippen LogP contribution in [0.3, 0.4) is 0 Å². The van der Waals surface area contributed by atoms with E-state index in [2.05, 4.69) is 30.8 Å². The lowest BCUT2D eigenvalue weighted by Crippen LogP contribution is -2.28. The van der Waals surface area contributed by atoms with Gasteiger partial charge in [-0.15, -0.1) is 5.10 Å². The number of halogens is 3. The lowest BCUT2D eigenvalue weighted by Gasteiger charge is -2.23. The maximum absolute atomic E-state index is 13.0. The fourth-order valence-corrected chi connectivity index (χ4v) is 4.15. The molecular formula is C28H23F3N6O2. The SMILES string of the molecule is Cc1ccc(NC(=O)c2cc(C(F)(F)F)cnn2)cc1-c1ccnc(-c2ccnc(NC(=O)C3CCC3)c2)c1. The Balaban J connectivity index is 1.37. The first kappa shape index (κ1) is 26.0. The number of amides is 2. The Bertz CT molecular complexity index is 1550. The second-order valence-corrected chi connectivity index (χ2v) is 9.29. The van der Waals surface area contributed by atoms with Crippen LogP contribution < -0.4 is 10.6 Å². The van der Waals surface area contributed by atoms with Gasteiger partial charge in [-0.25, -0.2) is 4.98 Å². The lowest BCUT2D eigenvalue weighted by molar-refractivity contribution is -0.138. The topological polar surface area (TPSA) is 110 Å². The number of hydrogen-bond acceptors (Lipinski definition) is 6. The van der Waals surface area contributed by atoms with Gasteiger partial charge in [0.15, 0.2) is 5.69 Å². The number of aromatic nitrogens is 4. The van der Waals surface area contributed by atoms with E-state index in [1.54, 1.807) is 42.7 Å². The predicted octanol–water partition coefficient (Wildman–Crippen LogP) is 5.92. The molecule has 11 heteroatoms. The summed E-state index contributed by atoms with van der Waals surface area (Å²) in [5, 5.41) is 12.3. The van der Waals surface area contributed by atoms with Crippen LogP contribution in [0, 0.1) is 12.8 Å². The fourth-order valence-electron chi connectivity index (χ4n) is 4.15. The molecule has 1 aliphatic rings. The Labute approximate surface area is 221 Å². The molecule has 0 bridgehead atoms. The van der Waals surface area contributed by atoms with Gasteiger partial charge in [-0.2, -0.15) is 18.3 Å². The van der Waals surface area contributed by atoms with Gasteiger partial charge in [-0.1, -0.05) is 12.5 Å². The quantitative estimate of drug-likeness (QED) is 0.319. The van der Waals surface area contributed by atoms with Crippen LogP contribution in [-0.4, -0.2) is 32.0 Å². The summed E-state index contributed by atoms with van der Waals surface area (Å²) in [6.45, 7) is 1.90. The maximum Gasteiger partial charge on any atom is 0.418 e. The number of hydrogen-bond donors (Lipinski definition) is 2. The van der Waals surface area contributed by atoms with Crippen LogP contribution >= 0.6 is 0 Å². The third kappa shape index (κ3) is 5.92. The van der Waals surface area contributed by atoms with E-state index < -0.39 is 23.3 Å². The van der Waals surface area contributed by atoms with Crippen LogP contribution in [0.1, 0.15) is 40.9 Å². The Morgan fingerprint density at radius 3 is 2.44 bits per heavy atom. The van der Waals surface area contributed by atoms with Gasteiger partial charge in [-0.05, 0) is 78.9 Å². The van der Waals surface area contributed by atoms with Gasteiger partial charge in [0.25, 0.3) is 5.91 Å². The molecule has 1 saturated carbocycles. The molecule has 8 nitrogen and oxygen atoms in total. The van der Waals surface area contributed by atoms with Crippen molar-refractivity contribution in [2.45, 2.75) is 32.4 Å². The van der Waals surface area contributed by atoms with E-state index in [-0.39, 0.29) is 11.8 Å². The van der Waals surface area contributed by atoms with Crippen LogP contribution in [0.2, 0.25) is 0 Å².